The minimum Gasteiger partial charge on any atom is -0.388 e. The normalized spacial score (nSPS) is 49.2. The Morgan fingerprint density at radius 1 is 0.913 bits per heavy atom. The van der Waals surface area contributed by atoms with Crippen LogP contribution in [0.15, 0.2) is 0 Å². The van der Waals surface area contributed by atoms with Gasteiger partial charge in [0.2, 0.25) is 0 Å². The predicted octanol–water partition coefficient (Wildman–Crippen LogP) is -1.63. The van der Waals surface area contributed by atoms with E-state index >= 15 is 0 Å². The Morgan fingerprint density at radius 3 is 2.09 bits per heavy atom. The van der Waals surface area contributed by atoms with Crippen molar-refractivity contribution in [2.24, 2.45) is 5.41 Å². The van der Waals surface area contributed by atoms with Gasteiger partial charge in [-0.15, -0.1) is 0 Å². The van der Waals surface area contributed by atoms with Crippen LogP contribution in [0.3, 0.4) is 0 Å². The van der Waals surface area contributed by atoms with Gasteiger partial charge in [0, 0.05) is 0 Å². The van der Waals surface area contributed by atoms with Crippen LogP contribution < -0.4 is 0 Å². The van der Waals surface area contributed by atoms with Crippen molar-refractivity contribution in [2.75, 3.05) is 6.61 Å². The SMILES string of the molecule is C[C@H]1O[C@@H](C(C)(C)C)[C@@H](O)[C@@H](O)[C@@H]1O[C@H]1OC[C@H](O)[C@@H](O)[C@@H]1O. The standard InChI is InChI=1S/C15H28O8/c1-6-12(9(18)10(19)13(22-6)15(2,3)4)23-14-11(20)8(17)7(16)5-21-14/h6-14,16-20H,5H2,1-4H3/t6-,7+,8-,9-,10+,11+,12-,13-,14-/m1/s1. The molecule has 8 nitrogen and oxygen atoms in total. The van der Waals surface area contributed by atoms with E-state index in [0.717, 1.165) is 0 Å². The fourth-order valence-corrected chi connectivity index (χ4v) is 3.00. The molecule has 2 heterocycles. The maximum atomic E-state index is 10.4. The van der Waals surface area contributed by atoms with Crippen molar-refractivity contribution in [3.63, 3.8) is 0 Å². The number of aliphatic hydroxyl groups is 5. The zero-order valence-electron chi connectivity index (χ0n) is 13.9. The van der Waals surface area contributed by atoms with Gasteiger partial charge in [0.25, 0.3) is 0 Å². The fourth-order valence-electron chi connectivity index (χ4n) is 3.00. The predicted molar refractivity (Wildman–Crippen MR) is 78.4 cm³/mol. The summed E-state index contributed by atoms with van der Waals surface area (Å²) in [5, 5.41) is 49.7. The van der Waals surface area contributed by atoms with Crippen molar-refractivity contribution < 1.29 is 39.7 Å². The van der Waals surface area contributed by atoms with E-state index in [9.17, 15) is 25.5 Å². The van der Waals surface area contributed by atoms with Crippen LogP contribution in [0.2, 0.25) is 0 Å². The molecule has 2 aliphatic heterocycles. The van der Waals surface area contributed by atoms with Crippen LogP contribution in [0.1, 0.15) is 27.7 Å². The molecular weight excluding hydrogens is 308 g/mol. The number of rotatable bonds is 2. The van der Waals surface area contributed by atoms with Gasteiger partial charge >= 0.3 is 0 Å². The Hall–Kier alpha value is -0.320. The molecule has 5 N–H and O–H groups in total. The third-order valence-electron chi connectivity index (χ3n) is 4.42. The summed E-state index contributed by atoms with van der Waals surface area (Å²) in [5.41, 5.74) is -0.374. The molecule has 0 amide bonds. The van der Waals surface area contributed by atoms with Gasteiger partial charge in [0.15, 0.2) is 6.29 Å². The zero-order valence-corrected chi connectivity index (χ0v) is 13.9. The molecule has 0 aromatic rings. The third kappa shape index (κ3) is 3.85. The van der Waals surface area contributed by atoms with Crippen LogP contribution in [-0.2, 0) is 14.2 Å². The average molecular weight is 336 g/mol. The van der Waals surface area contributed by atoms with Crippen LogP contribution in [0, 0.1) is 5.41 Å². The van der Waals surface area contributed by atoms with E-state index in [0.29, 0.717) is 0 Å². The first kappa shape index (κ1) is 19.0. The molecule has 2 aliphatic rings. The van der Waals surface area contributed by atoms with Crippen molar-refractivity contribution in [1.29, 1.82) is 0 Å². The molecule has 0 unspecified atom stereocenters. The van der Waals surface area contributed by atoms with E-state index in [-0.39, 0.29) is 12.0 Å². The molecule has 0 aliphatic carbocycles. The maximum absolute atomic E-state index is 10.4. The minimum atomic E-state index is -1.46. The lowest BCUT2D eigenvalue weighted by molar-refractivity contribution is -0.325. The van der Waals surface area contributed by atoms with Crippen LogP contribution in [0.25, 0.3) is 0 Å². The molecule has 0 saturated carbocycles. The number of hydrogen-bond acceptors (Lipinski definition) is 8. The maximum Gasteiger partial charge on any atom is 0.186 e. The minimum absolute atomic E-state index is 0.200. The van der Waals surface area contributed by atoms with Crippen LogP contribution in [0.5, 0.6) is 0 Å². The van der Waals surface area contributed by atoms with Crippen molar-refractivity contribution in [3.05, 3.63) is 0 Å². The van der Waals surface area contributed by atoms with Crippen LogP contribution in [0.4, 0.5) is 0 Å². The highest BCUT2D eigenvalue weighted by Crippen LogP contribution is 2.34. The van der Waals surface area contributed by atoms with Crippen molar-refractivity contribution in [3.8, 4) is 0 Å². The second-order valence-electron chi connectivity index (χ2n) is 7.46. The van der Waals surface area contributed by atoms with Gasteiger partial charge in [0.05, 0.1) is 18.8 Å². The Balaban J connectivity index is 2.06. The van der Waals surface area contributed by atoms with E-state index < -0.39 is 55.1 Å². The lowest BCUT2D eigenvalue weighted by Gasteiger charge is -2.47. The van der Waals surface area contributed by atoms with Gasteiger partial charge < -0.3 is 39.7 Å². The topological polar surface area (TPSA) is 129 Å². The number of aliphatic hydroxyl groups excluding tert-OH is 5. The summed E-state index contributed by atoms with van der Waals surface area (Å²) in [7, 11) is 0. The molecular formula is C15H28O8. The smallest absolute Gasteiger partial charge is 0.186 e. The molecule has 0 bridgehead atoms. The molecule has 0 spiro atoms. The summed E-state index contributed by atoms with van der Waals surface area (Å²) in [5.74, 6) is 0. The molecule has 8 heteroatoms. The van der Waals surface area contributed by atoms with Gasteiger partial charge in [-0.2, -0.15) is 0 Å². The summed E-state index contributed by atoms with van der Waals surface area (Å²) in [4.78, 5) is 0. The Morgan fingerprint density at radius 2 is 1.52 bits per heavy atom. The van der Waals surface area contributed by atoms with Crippen LogP contribution >= 0.6 is 0 Å². The van der Waals surface area contributed by atoms with E-state index in [4.69, 9.17) is 14.2 Å². The second-order valence-corrected chi connectivity index (χ2v) is 7.46. The second kappa shape index (κ2) is 6.89. The highest BCUT2D eigenvalue weighted by Gasteiger charge is 2.49. The largest absolute Gasteiger partial charge is 0.388 e. The molecule has 0 radical (unpaired) electrons. The van der Waals surface area contributed by atoms with Gasteiger partial charge in [-0.1, -0.05) is 20.8 Å². The Bertz CT molecular complexity index is 397. The van der Waals surface area contributed by atoms with Crippen LogP contribution in [-0.4, -0.2) is 87.3 Å². The molecule has 2 fully saturated rings. The number of ether oxygens (including phenoxy) is 3. The molecule has 2 rings (SSSR count). The van der Waals surface area contributed by atoms with E-state index in [1.807, 2.05) is 20.8 Å². The van der Waals surface area contributed by atoms with Gasteiger partial charge in [0.1, 0.15) is 36.6 Å². The summed E-state index contributed by atoms with van der Waals surface area (Å²) >= 11 is 0. The lowest BCUT2D eigenvalue weighted by Crippen LogP contribution is -2.63. The Kier molecular flexibility index (Phi) is 5.70. The molecule has 23 heavy (non-hydrogen) atoms. The van der Waals surface area contributed by atoms with Crippen molar-refractivity contribution >= 4 is 0 Å². The third-order valence-corrected chi connectivity index (χ3v) is 4.42. The summed E-state index contributed by atoms with van der Waals surface area (Å²) in [6, 6.07) is 0. The van der Waals surface area contributed by atoms with E-state index in [1.54, 1.807) is 6.92 Å². The molecule has 9 atom stereocenters. The molecule has 0 aromatic heterocycles. The van der Waals surface area contributed by atoms with Gasteiger partial charge in [-0.05, 0) is 12.3 Å². The van der Waals surface area contributed by atoms with E-state index in [2.05, 4.69) is 0 Å². The molecule has 0 aromatic carbocycles. The highest BCUT2D eigenvalue weighted by atomic mass is 16.7. The molecule has 2 saturated heterocycles. The first-order valence-corrected chi connectivity index (χ1v) is 7.87. The summed E-state index contributed by atoms with van der Waals surface area (Å²) < 4.78 is 16.5. The Labute approximate surface area is 135 Å². The monoisotopic (exact) mass is 336 g/mol. The zero-order chi connectivity index (χ0) is 17.5. The van der Waals surface area contributed by atoms with Gasteiger partial charge in [-0.3, -0.25) is 0 Å². The quantitative estimate of drug-likeness (QED) is 0.406. The first-order valence-electron chi connectivity index (χ1n) is 7.87. The molecule has 136 valence electrons. The fraction of sp³-hybridized carbons (Fsp3) is 1.00. The summed E-state index contributed by atoms with van der Waals surface area (Å²) in [6.07, 6.45) is -9.76. The van der Waals surface area contributed by atoms with Crippen molar-refractivity contribution in [2.45, 2.75) is 82.8 Å². The first-order chi connectivity index (χ1) is 10.5. The highest BCUT2D eigenvalue weighted by molar-refractivity contribution is 4.96. The van der Waals surface area contributed by atoms with E-state index in [1.165, 1.54) is 0 Å². The lowest BCUT2D eigenvalue weighted by atomic mass is 9.80. The summed E-state index contributed by atoms with van der Waals surface area (Å²) in [6.45, 7) is 7.18. The van der Waals surface area contributed by atoms with Gasteiger partial charge in [-0.25, -0.2) is 0 Å². The number of hydrogen-bond donors (Lipinski definition) is 5. The average Bonchev–Trinajstić information content (AvgIpc) is 2.46. The van der Waals surface area contributed by atoms with Crippen molar-refractivity contribution in [1.82, 2.24) is 0 Å².